The molecule has 0 saturated carbocycles. The molecule has 11 heteroatoms. The van der Waals surface area contributed by atoms with Crippen molar-refractivity contribution in [1.82, 2.24) is 19.9 Å². The van der Waals surface area contributed by atoms with Crippen LogP contribution >= 0.6 is 0 Å². The normalized spacial score (nSPS) is 10.2. The Hall–Kier alpha value is -4.15. The van der Waals surface area contributed by atoms with E-state index in [1.165, 1.54) is 47.5 Å². The summed E-state index contributed by atoms with van der Waals surface area (Å²) in [4.78, 5) is 28.9. The minimum absolute atomic E-state index is 0.0739. The molecule has 0 N–H and O–H groups in total. The molecule has 0 spiro atoms. The lowest BCUT2D eigenvalue weighted by Crippen LogP contribution is -2.04. The molecule has 0 saturated heterocycles. The van der Waals surface area contributed by atoms with Gasteiger partial charge in [-0.25, -0.2) is 0 Å². The summed E-state index contributed by atoms with van der Waals surface area (Å²) in [6, 6.07) is 7.62. The second-order valence-corrected chi connectivity index (χ2v) is 5.86. The molecule has 0 fully saturated rings. The van der Waals surface area contributed by atoms with Gasteiger partial charge in [-0.3, -0.25) is 4.79 Å². The van der Waals surface area contributed by atoms with E-state index in [0.29, 0.717) is 0 Å². The second kappa shape index (κ2) is 9.57. The van der Waals surface area contributed by atoms with E-state index in [-0.39, 0.29) is 58.4 Å². The third kappa shape index (κ3) is 5.07. The molecule has 0 amide bonds. The first-order valence-corrected chi connectivity index (χ1v) is 8.91. The zero-order chi connectivity index (χ0) is 22.4. The average molecular weight is 428 g/mol. The van der Waals surface area contributed by atoms with E-state index in [2.05, 4.69) is 19.9 Å². The highest BCUT2D eigenvalue weighted by Crippen LogP contribution is 2.35. The van der Waals surface area contributed by atoms with E-state index in [1.54, 1.807) is 18.2 Å². The maximum absolute atomic E-state index is 12.4. The topological polar surface area (TPSA) is 124 Å². The predicted octanol–water partition coefficient (Wildman–Crippen LogP) is 3.09. The van der Waals surface area contributed by atoms with Gasteiger partial charge in [-0.15, -0.1) is 0 Å². The molecule has 11 nitrogen and oxygen atoms in total. The van der Waals surface area contributed by atoms with Crippen molar-refractivity contribution in [3.8, 4) is 47.0 Å². The zero-order valence-electron chi connectivity index (χ0n) is 17.5. The molecule has 2 heterocycles. The molecular weight excluding hydrogens is 408 g/mol. The van der Waals surface area contributed by atoms with E-state index in [9.17, 15) is 4.79 Å². The number of rotatable bonds is 9. The summed E-state index contributed by atoms with van der Waals surface area (Å²) in [5, 5.41) is 0. The van der Waals surface area contributed by atoms with E-state index in [4.69, 9.17) is 28.4 Å². The van der Waals surface area contributed by atoms with Gasteiger partial charge in [0.25, 0.3) is 0 Å². The number of ether oxygens (including phenoxy) is 6. The quantitative estimate of drug-likeness (QED) is 0.467. The van der Waals surface area contributed by atoms with Crippen molar-refractivity contribution < 1.29 is 33.2 Å². The number of carbonyl (C=O) groups excluding carboxylic acids is 1. The lowest BCUT2D eigenvalue weighted by Gasteiger charge is -2.14. The van der Waals surface area contributed by atoms with Crippen LogP contribution in [0, 0.1) is 0 Å². The standard InChI is InChI=1S/C20H20N4O7/c1-11(25)18-12(30-19-21-14(26-2)9-15(22-19)27-3)7-6-8-13(18)31-20-23-16(28-4)10-17(24-20)29-5/h6-10H,1-5H3. The molecule has 0 atom stereocenters. The minimum Gasteiger partial charge on any atom is -0.481 e. The molecule has 1 aromatic carbocycles. The summed E-state index contributed by atoms with van der Waals surface area (Å²) in [6.07, 6.45) is 0. The fraction of sp³-hybridized carbons (Fsp3) is 0.250. The largest absolute Gasteiger partial charge is 0.481 e. The Labute approximate surface area is 177 Å². The third-order valence-electron chi connectivity index (χ3n) is 3.90. The highest BCUT2D eigenvalue weighted by Gasteiger charge is 2.20. The maximum Gasteiger partial charge on any atom is 0.328 e. The lowest BCUT2D eigenvalue weighted by molar-refractivity contribution is 0.101. The molecule has 0 bridgehead atoms. The van der Waals surface area contributed by atoms with Gasteiger partial charge in [0.2, 0.25) is 23.5 Å². The van der Waals surface area contributed by atoms with Crippen molar-refractivity contribution in [2.45, 2.75) is 6.92 Å². The first-order chi connectivity index (χ1) is 15.0. The van der Waals surface area contributed by atoms with Crippen molar-refractivity contribution >= 4 is 5.78 Å². The van der Waals surface area contributed by atoms with Crippen LogP contribution in [-0.4, -0.2) is 54.2 Å². The smallest absolute Gasteiger partial charge is 0.328 e. The average Bonchev–Trinajstić information content (AvgIpc) is 2.78. The summed E-state index contributed by atoms with van der Waals surface area (Å²) in [5.74, 6) is 0.928. The SMILES string of the molecule is COc1cc(OC)nc(Oc2cccc(Oc3nc(OC)cc(OC)n3)c2C(C)=O)n1. The van der Waals surface area contributed by atoms with Gasteiger partial charge in [0.1, 0.15) is 17.1 Å². The highest BCUT2D eigenvalue weighted by atomic mass is 16.5. The van der Waals surface area contributed by atoms with Crippen molar-refractivity contribution in [3.05, 3.63) is 35.9 Å². The van der Waals surface area contributed by atoms with Gasteiger partial charge in [-0.2, -0.15) is 19.9 Å². The van der Waals surface area contributed by atoms with Gasteiger partial charge in [0.15, 0.2) is 5.78 Å². The second-order valence-electron chi connectivity index (χ2n) is 5.86. The molecule has 31 heavy (non-hydrogen) atoms. The van der Waals surface area contributed by atoms with Crippen LogP contribution in [0.2, 0.25) is 0 Å². The summed E-state index contributed by atoms with van der Waals surface area (Å²) < 4.78 is 32.0. The number of carbonyl (C=O) groups is 1. The van der Waals surface area contributed by atoms with Crippen LogP contribution in [0.25, 0.3) is 0 Å². The van der Waals surface area contributed by atoms with Crippen LogP contribution in [0.4, 0.5) is 0 Å². The fourth-order valence-electron chi connectivity index (χ4n) is 2.50. The van der Waals surface area contributed by atoms with E-state index in [1.807, 2.05) is 0 Å². The molecule has 0 aliphatic carbocycles. The Morgan fingerprint density at radius 3 is 1.32 bits per heavy atom. The van der Waals surface area contributed by atoms with Crippen molar-refractivity contribution in [3.63, 3.8) is 0 Å². The van der Waals surface area contributed by atoms with E-state index < -0.39 is 0 Å². The summed E-state index contributed by atoms with van der Waals surface area (Å²) in [6.45, 7) is 1.37. The van der Waals surface area contributed by atoms with Crippen LogP contribution in [0.15, 0.2) is 30.3 Å². The molecule has 3 aromatic rings. The first-order valence-electron chi connectivity index (χ1n) is 8.91. The van der Waals surface area contributed by atoms with Gasteiger partial charge >= 0.3 is 12.0 Å². The molecule has 3 rings (SSSR count). The Morgan fingerprint density at radius 1 is 0.677 bits per heavy atom. The van der Waals surface area contributed by atoms with Crippen LogP contribution in [-0.2, 0) is 0 Å². The van der Waals surface area contributed by atoms with Crippen LogP contribution in [0.3, 0.4) is 0 Å². The van der Waals surface area contributed by atoms with Gasteiger partial charge in [0, 0.05) is 0 Å². The Bertz CT molecular complexity index is 971. The molecule has 0 aliphatic heterocycles. The number of aromatic nitrogens is 4. The Morgan fingerprint density at radius 2 is 1.03 bits per heavy atom. The number of benzene rings is 1. The van der Waals surface area contributed by atoms with Gasteiger partial charge in [-0.05, 0) is 19.1 Å². The number of Topliss-reactive ketones (excluding diaryl/α,β-unsaturated/α-hetero) is 1. The van der Waals surface area contributed by atoms with Gasteiger partial charge < -0.3 is 28.4 Å². The lowest BCUT2D eigenvalue weighted by atomic mass is 10.1. The van der Waals surface area contributed by atoms with Gasteiger partial charge in [0.05, 0.1) is 40.6 Å². The first kappa shape index (κ1) is 21.6. The number of ketones is 1. The molecule has 0 aliphatic rings. The van der Waals surface area contributed by atoms with Crippen molar-refractivity contribution in [2.24, 2.45) is 0 Å². The highest BCUT2D eigenvalue weighted by molar-refractivity contribution is 5.99. The van der Waals surface area contributed by atoms with Gasteiger partial charge in [-0.1, -0.05) is 6.07 Å². The third-order valence-corrected chi connectivity index (χ3v) is 3.90. The molecule has 162 valence electrons. The monoisotopic (exact) mass is 428 g/mol. The maximum atomic E-state index is 12.4. The molecular formula is C20H20N4O7. The summed E-state index contributed by atoms with van der Waals surface area (Å²) >= 11 is 0. The Balaban J connectivity index is 2.00. The summed E-state index contributed by atoms with van der Waals surface area (Å²) in [5.41, 5.74) is 0.137. The predicted molar refractivity (Wildman–Crippen MR) is 107 cm³/mol. The van der Waals surface area contributed by atoms with Crippen LogP contribution in [0.1, 0.15) is 17.3 Å². The number of methoxy groups -OCH3 is 4. The van der Waals surface area contributed by atoms with Crippen molar-refractivity contribution in [2.75, 3.05) is 28.4 Å². The summed E-state index contributed by atoms with van der Waals surface area (Å²) in [7, 11) is 5.79. The van der Waals surface area contributed by atoms with E-state index >= 15 is 0 Å². The number of nitrogens with zero attached hydrogens (tertiary/aromatic N) is 4. The minimum atomic E-state index is -0.324. The molecule has 2 aromatic heterocycles. The zero-order valence-corrected chi connectivity index (χ0v) is 17.5. The Kier molecular flexibility index (Phi) is 6.65. The van der Waals surface area contributed by atoms with Crippen LogP contribution < -0.4 is 28.4 Å². The fourth-order valence-corrected chi connectivity index (χ4v) is 2.50. The molecule has 0 radical (unpaired) electrons. The van der Waals surface area contributed by atoms with Crippen LogP contribution in [0.5, 0.6) is 47.0 Å². The van der Waals surface area contributed by atoms with E-state index in [0.717, 1.165) is 0 Å². The number of hydrogen-bond donors (Lipinski definition) is 0. The molecule has 0 unspecified atom stereocenters. The van der Waals surface area contributed by atoms with Crippen molar-refractivity contribution in [1.29, 1.82) is 0 Å². The number of hydrogen-bond acceptors (Lipinski definition) is 11.